The molecule has 2 amide bonds. The molecule has 0 aromatic heterocycles. The number of likely N-dealkylation sites (N-methyl/N-ethyl adjacent to an activating group) is 1. The average Bonchev–Trinajstić information content (AvgIpc) is 3.40. The van der Waals surface area contributed by atoms with E-state index in [2.05, 4.69) is 22.2 Å². The number of fused-ring (bicyclic) bond motifs is 3. The number of benzene rings is 2. The number of nitrogens with one attached hydrogen (secondary N) is 1. The number of methoxy groups -OCH3 is 2. The SMILES string of the molecule is CNC(=O)N1N=C(c2ccc(F)c(N3C[C@H]4C[C@H]3CN4C)c2)c2cc(OC)c(OC)cc2C[C@H]1C. The Hall–Kier alpha value is -3.33. The second-order valence-electron chi connectivity index (χ2n) is 9.57. The molecule has 0 unspecified atom stereocenters. The van der Waals surface area contributed by atoms with E-state index in [9.17, 15) is 4.79 Å². The number of anilines is 1. The van der Waals surface area contributed by atoms with Crippen molar-refractivity contribution in [1.82, 2.24) is 15.2 Å². The van der Waals surface area contributed by atoms with Gasteiger partial charge < -0.3 is 19.7 Å². The molecular formula is C26H32FN5O3. The van der Waals surface area contributed by atoms with Gasteiger partial charge in [0.15, 0.2) is 11.5 Å². The zero-order valence-corrected chi connectivity index (χ0v) is 20.8. The molecule has 9 heteroatoms. The van der Waals surface area contributed by atoms with Crippen LogP contribution in [-0.4, -0.2) is 81.2 Å². The molecule has 0 spiro atoms. The minimum absolute atomic E-state index is 0.200. The molecule has 0 radical (unpaired) electrons. The molecule has 2 saturated heterocycles. The summed E-state index contributed by atoms with van der Waals surface area (Å²) in [7, 11) is 6.90. The zero-order chi connectivity index (χ0) is 24.9. The summed E-state index contributed by atoms with van der Waals surface area (Å²) >= 11 is 0. The van der Waals surface area contributed by atoms with Crippen molar-refractivity contribution in [2.24, 2.45) is 5.10 Å². The second-order valence-corrected chi connectivity index (χ2v) is 9.57. The van der Waals surface area contributed by atoms with E-state index in [1.807, 2.05) is 25.1 Å². The van der Waals surface area contributed by atoms with E-state index in [4.69, 9.17) is 14.6 Å². The molecule has 35 heavy (non-hydrogen) atoms. The number of halogens is 1. The van der Waals surface area contributed by atoms with Gasteiger partial charge in [-0.2, -0.15) is 5.10 Å². The third-order valence-corrected chi connectivity index (χ3v) is 7.47. The summed E-state index contributed by atoms with van der Waals surface area (Å²) in [4.78, 5) is 17.3. The molecule has 3 aliphatic rings. The molecule has 5 rings (SSSR count). The van der Waals surface area contributed by atoms with Gasteiger partial charge in [0, 0.05) is 43.3 Å². The highest BCUT2D eigenvalue weighted by molar-refractivity contribution is 6.15. The highest BCUT2D eigenvalue weighted by Crippen LogP contribution is 2.38. The first-order valence-corrected chi connectivity index (χ1v) is 12.0. The topological polar surface area (TPSA) is 69.6 Å². The maximum absolute atomic E-state index is 15.1. The largest absolute Gasteiger partial charge is 0.493 e. The van der Waals surface area contributed by atoms with Crippen LogP contribution in [-0.2, 0) is 6.42 Å². The molecule has 3 aliphatic heterocycles. The molecule has 8 nitrogen and oxygen atoms in total. The third-order valence-electron chi connectivity index (χ3n) is 7.47. The molecule has 0 saturated carbocycles. The van der Waals surface area contributed by atoms with Crippen molar-refractivity contribution in [3.05, 3.63) is 52.8 Å². The van der Waals surface area contributed by atoms with Crippen LogP contribution in [0.1, 0.15) is 30.0 Å². The smallest absolute Gasteiger partial charge is 0.337 e. The number of urea groups is 1. The summed E-state index contributed by atoms with van der Waals surface area (Å²) in [5.74, 6) is 0.938. The van der Waals surface area contributed by atoms with Crippen molar-refractivity contribution in [3.8, 4) is 11.5 Å². The van der Waals surface area contributed by atoms with Crippen molar-refractivity contribution < 1.29 is 18.7 Å². The van der Waals surface area contributed by atoms with Gasteiger partial charge in [-0.1, -0.05) is 0 Å². The first-order valence-electron chi connectivity index (χ1n) is 12.0. The lowest BCUT2D eigenvalue weighted by molar-refractivity contribution is 0.184. The summed E-state index contributed by atoms with van der Waals surface area (Å²) in [5.41, 5.74) is 3.73. The Labute approximate surface area is 205 Å². The van der Waals surface area contributed by atoms with E-state index in [-0.39, 0.29) is 17.9 Å². The standard InChI is InChI=1S/C26H32FN5O3/c1-15-8-17-10-23(34-4)24(35-5)12-20(17)25(29-32(15)26(33)28-2)16-6-7-21(27)22(9-16)31-14-18-11-19(31)13-30(18)3/h6-7,9-10,12,15,18-19H,8,11,13-14H2,1-5H3,(H,28,33)/t15-,18-,19+/m1/s1. The highest BCUT2D eigenvalue weighted by Gasteiger charge is 2.42. The predicted molar refractivity (Wildman–Crippen MR) is 133 cm³/mol. The number of amides is 2. The molecule has 2 fully saturated rings. The van der Waals surface area contributed by atoms with Gasteiger partial charge in [-0.3, -0.25) is 4.90 Å². The van der Waals surface area contributed by atoms with E-state index < -0.39 is 0 Å². The van der Waals surface area contributed by atoms with Crippen molar-refractivity contribution >= 4 is 17.4 Å². The number of carbonyl (C=O) groups excluding carboxylic acids is 1. The van der Waals surface area contributed by atoms with Crippen LogP contribution in [0.2, 0.25) is 0 Å². The lowest BCUT2D eigenvalue weighted by Crippen LogP contribution is -2.45. The van der Waals surface area contributed by atoms with Crippen LogP contribution < -0.4 is 19.7 Å². The Bertz CT molecular complexity index is 1180. The van der Waals surface area contributed by atoms with E-state index in [0.29, 0.717) is 41.4 Å². The number of rotatable bonds is 4. The number of piperazine rings is 1. The molecule has 2 bridgehead atoms. The fourth-order valence-electron chi connectivity index (χ4n) is 5.59. The first kappa shape index (κ1) is 23.4. The average molecular weight is 482 g/mol. The summed E-state index contributed by atoms with van der Waals surface area (Å²) in [6.07, 6.45) is 1.62. The summed E-state index contributed by atoms with van der Waals surface area (Å²) in [6, 6.07) is 9.17. The van der Waals surface area contributed by atoms with Crippen LogP contribution in [0.3, 0.4) is 0 Å². The van der Waals surface area contributed by atoms with Crippen LogP contribution >= 0.6 is 0 Å². The molecule has 3 heterocycles. The van der Waals surface area contributed by atoms with Gasteiger partial charge in [-0.25, -0.2) is 14.2 Å². The van der Waals surface area contributed by atoms with E-state index >= 15 is 4.39 Å². The summed E-state index contributed by atoms with van der Waals surface area (Å²) in [6.45, 7) is 3.68. The van der Waals surface area contributed by atoms with Gasteiger partial charge in [0.2, 0.25) is 0 Å². The minimum atomic E-state index is -0.302. The quantitative estimate of drug-likeness (QED) is 0.727. The Balaban J connectivity index is 1.65. The minimum Gasteiger partial charge on any atom is -0.493 e. The predicted octanol–water partition coefficient (Wildman–Crippen LogP) is 3.07. The Morgan fingerprint density at radius 2 is 1.86 bits per heavy atom. The zero-order valence-electron chi connectivity index (χ0n) is 20.8. The van der Waals surface area contributed by atoms with Crippen LogP contribution in [0, 0.1) is 5.82 Å². The van der Waals surface area contributed by atoms with Crippen molar-refractivity contribution in [2.75, 3.05) is 46.3 Å². The van der Waals surface area contributed by atoms with Gasteiger partial charge in [0.05, 0.1) is 31.7 Å². The summed E-state index contributed by atoms with van der Waals surface area (Å²) in [5, 5.41) is 8.96. The number of hydrazone groups is 1. The highest BCUT2D eigenvalue weighted by atomic mass is 19.1. The maximum atomic E-state index is 15.1. The van der Waals surface area contributed by atoms with Gasteiger partial charge in [0.25, 0.3) is 0 Å². The number of likely N-dealkylation sites (tertiary alicyclic amines) is 1. The van der Waals surface area contributed by atoms with Gasteiger partial charge in [-0.05, 0) is 62.7 Å². The van der Waals surface area contributed by atoms with Crippen LogP contribution in [0.25, 0.3) is 0 Å². The van der Waals surface area contributed by atoms with Crippen LogP contribution in [0.5, 0.6) is 11.5 Å². The number of hydrogen-bond acceptors (Lipinski definition) is 6. The van der Waals surface area contributed by atoms with Crippen molar-refractivity contribution in [3.63, 3.8) is 0 Å². The Morgan fingerprint density at radius 1 is 1.11 bits per heavy atom. The molecule has 3 atom stereocenters. The van der Waals surface area contributed by atoms with Gasteiger partial charge in [0.1, 0.15) is 5.82 Å². The monoisotopic (exact) mass is 481 g/mol. The molecule has 1 N–H and O–H groups in total. The second kappa shape index (κ2) is 9.03. The molecule has 0 aliphatic carbocycles. The Morgan fingerprint density at radius 3 is 2.49 bits per heavy atom. The van der Waals surface area contributed by atoms with Crippen molar-refractivity contribution in [2.45, 2.75) is 37.9 Å². The molecule has 186 valence electrons. The normalized spacial score (nSPS) is 23.6. The first-order chi connectivity index (χ1) is 16.8. The number of nitrogens with zero attached hydrogens (tertiary/aromatic N) is 4. The Kier molecular flexibility index (Phi) is 6.04. The van der Waals surface area contributed by atoms with Crippen molar-refractivity contribution in [1.29, 1.82) is 0 Å². The number of ether oxygens (including phenoxy) is 2. The maximum Gasteiger partial charge on any atom is 0.337 e. The molecular weight excluding hydrogens is 449 g/mol. The van der Waals surface area contributed by atoms with Gasteiger partial charge in [-0.15, -0.1) is 0 Å². The van der Waals surface area contributed by atoms with E-state index in [1.54, 1.807) is 27.3 Å². The lowest BCUT2D eigenvalue weighted by atomic mass is 9.93. The fourth-order valence-corrected chi connectivity index (χ4v) is 5.59. The molecule has 2 aromatic rings. The van der Waals surface area contributed by atoms with E-state index in [1.165, 1.54) is 11.1 Å². The van der Waals surface area contributed by atoms with E-state index in [0.717, 1.165) is 36.2 Å². The lowest BCUT2D eigenvalue weighted by Gasteiger charge is -2.34. The fraction of sp³-hybridized carbons (Fsp3) is 0.462. The third kappa shape index (κ3) is 3.97. The number of carbonyl (C=O) groups is 1. The van der Waals surface area contributed by atoms with Gasteiger partial charge >= 0.3 is 6.03 Å². The van der Waals surface area contributed by atoms with Crippen LogP contribution in [0.4, 0.5) is 14.9 Å². The summed E-state index contributed by atoms with van der Waals surface area (Å²) < 4.78 is 26.2. The molecule has 2 aromatic carbocycles. The van der Waals surface area contributed by atoms with Crippen LogP contribution in [0.15, 0.2) is 35.4 Å². The number of hydrogen-bond donors (Lipinski definition) is 1.